The summed E-state index contributed by atoms with van der Waals surface area (Å²) < 4.78 is 28.1. The van der Waals surface area contributed by atoms with Crippen LogP contribution in [0.4, 0.5) is 19.3 Å². The van der Waals surface area contributed by atoms with Crippen molar-refractivity contribution in [3.63, 3.8) is 0 Å². The first-order valence-electron chi connectivity index (χ1n) is 9.99. The number of carbonyl (C=O) groups is 2. The Morgan fingerprint density at radius 2 is 1.70 bits per heavy atom. The third-order valence-electron chi connectivity index (χ3n) is 5.51. The number of hydrogen-bond donors (Lipinski definition) is 0. The number of benzene rings is 2. The molecule has 0 aliphatic carbocycles. The van der Waals surface area contributed by atoms with E-state index in [9.17, 15) is 18.4 Å². The van der Waals surface area contributed by atoms with Gasteiger partial charge in [-0.15, -0.1) is 0 Å². The van der Waals surface area contributed by atoms with Crippen LogP contribution in [0, 0.1) is 11.6 Å². The molecule has 2 saturated heterocycles. The van der Waals surface area contributed by atoms with Crippen molar-refractivity contribution in [3.05, 3.63) is 65.7 Å². The zero-order valence-corrected chi connectivity index (χ0v) is 17.3. The number of rotatable bonds is 4. The molecule has 2 aliphatic heterocycles. The molecule has 8 heteroatoms. The first-order chi connectivity index (χ1) is 14.5. The number of hydrogen-bond acceptors (Lipinski definition) is 3. The zero-order chi connectivity index (χ0) is 21.1. The monoisotopic (exact) mass is 431 g/mol. The van der Waals surface area contributed by atoms with E-state index >= 15 is 0 Å². The van der Waals surface area contributed by atoms with Crippen LogP contribution < -0.4 is 4.90 Å². The van der Waals surface area contributed by atoms with Gasteiger partial charge in [-0.3, -0.25) is 9.69 Å². The van der Waals surface area contributed by atoms with Gasteiger partial charge >= 0.3 is 6.03 Å². The summed E-state index contributed by atoms with van der Waals surface area (Å²) in [6, 6.07) is 12.5. The summed E-state index contributed by atoms with van der Waals surface area (Å²) in [4.78, 5) is 30.1. The number of amides is 3. The predicted octanol–water partition coefficient (Wildman–Crippen LogP) is 3.91. The summed E-state index contributed by atoms with van der Waals surface area (Å²) in [7, 11) is 0. The molecule has 5 nitrogen and oxygen atoms in total. The molecule has 4 rings (SSSR count). The van der Waals surface area contributed by atoms with Gasteiger partial charge in [-0.2, -0.15) is 11.8 Å². The second kappa shape index (κ2) is 9.04. The van der Waals surface area contributed by atoms with Crippen molar-refractivity contribution in [2.45, 2.75) is 11.7 Å². The molecule has 1 unspecified atom stereocenters. The number of nitrogens with zero attached hydrogens (tertiary/aromatic N) is 3. The average molecular weight is 432 g/mol. The van der Waals surface area contributed by atoms with Gasteiger partial charge in [-0.1, -0.05) is 30.3 Å². The van der Waals surface area contributed by atoms with Crippen molar-refractivity contribution in [1.29, 1.82) is 0 Å². The molecule has 0 aromatic heterocycles. The van der Waals surface area contributed by atoms with E-state index in [4.69, 9.17) is 0 Å². The second-order valence-corrected chi connectivity index (χ2v) is 8.67. The molecule has 0 bridgehead atoms. The molecule has 1 atom stereocenters. The van der Waals surface area contributed by atoms with Crippen LogP contribution in [0.1, 0.15) is 17.2 Å². The summed E-state index contributed by atoms with van der Waals surface area (Å²) in [5.41, 5.74) is 0.906. The van der Waals surface area contributed by atoms with Gasteiger partial charge in [0.1, 0.15) is 18.2 Å². The van der Waals surface area contributed by atoms with Gasteiger partial charge in [0.05, 0.1) is 5.69 Å². The van der Waals surface area contributed by atoms with Crippen LogP contribution in [0.2, 0.25) is 0 Å². The number of carbonyl (C=O) groups excluding carboxylic acids is 2. The van der Waals surface area contributed by atoms with E-state index in [1.165, 1.54) is 21.9 Å². The fourth-order valence-corrected chi connectivity index (χ4v) is 5.14. The third-order valence-corrected chi connectivity index (χ3v) is 6.82. The summed E-state index contributed by atoms with van der Waals surface area (Å²) in [6.07, 6.45) is 0.659. The molecule has 3 amide bonds. The Kier molecular flexibility index (Phi) is 6.22. The fourth-order valence-electron chi connectivity index (χ4n) is 3.89. The lowest BCUT2D eigenvalue weighted by Gasteiger charge is -2.24. The van der Waals surface area contributed by atoms with Gasteiger partial charge in [0, 0.05) is 42.7 Å². The lowest BCUT2D eigenvalue weighted by molar-refractivity contribution is -0.131. The van der Waals surface area contributed by atoms with Crippen LogP contribution in [0.15, 0.2) is 48.5 Å². The van der Waals surface area contributed by atoms with Crippen molar-refractivity contribution >= 4 is 29.4 Å². The molecule has 30 heavy (non-hydrogen) atoms. The lowest BCUT2D eigenvalue weighted by Crippen LogP contribution is -2.43. The van der Waals surface area contributed by atoms with Gasteiger partial charge in [0.25, 0.3) is 0 Å². The van der Waals surface area contributed by atoms with Crippen LogP contribution in [-0.2, 0) is 4.79 Å². The molecule has 0 radical (unpaired) electrons. The van der Waals surface area contributed by atoms with E-state index < -0.39 is 5.82 Å². The van der Waals surface area contributed by atoms with Crippen molar-refractivity contribution in [3.8, 4) is 0 Å². The van der Waals surface area contributed by atoms with Gasteiger partial charge in [-0.25, -0.2) is 13.6 Å². The van der Waals surface area contributed by atoms with Crippen molar-refractivity contribution in [2.75, 3.05) is 43.4 Å². The molecule has 2 fully saturated rings. The minimum Gasteiger partial charge on any atom is -0.340 e. The van der Waals surface area contributed by atoms with Crippen LogP contribution in [0.25, 0.3) is 0 Å². The molecule has 158 valence electrons. The van der Waals surface area contributed by atoms with Crippen molar-refractivity contribution < 1.29 is 18.4 Å². The standard InChI is InChI=1S/C22H23F2N3O2S/c23-17-6-2-1-5-16(17)20-9-10-25(13-14-30-20)21(28)15-26-11-12-27(22(26)29)19-8-4-3-7-18(19)24/h1-8,20H,9-15H2. The van der Waals surface area contributed by atoms with E-state index in [2.05, 4.69) is 0 Å². The SMILES string of the molecule is O=C(CN1CCN(c2ccccc2F)C1=O)N1CCSC(c2ccccc2F)CC1. The van der Waals surface area contributed by atoms with Crippen LogP contribution in [0.5, 0.6) is 0 Å². The number of halogens is 2. The second-order valence-electron chi connectivity index (χ2n) is 7.36. The quantitative estimate of drug-likeness (QED) is 0.737. The molecular formula is C22H23F2N3O2S. The minimum atomic E-state index is -0.456. The first-order valence-corrected chi connectivity index (χ1v) is 11.0. The maximum absolute atomic E-state index is 14.1. The number of para-hydroxylation sites is 1. The molecule has 2 aromatic carbocycles. The molecule has 0 N–H and O–H groups in total. The van der Waals surface area contributed by atoms with Gasteiger partial charge in [-0.05, 0) is 24.6 Å². The summed E-state index contributed by atoms with van der Waals surface area (Å²) in [6.45, 7) is 1.77. The maximum atomic E-state index is 14.1. The molecule has 2 aliphatic rings. The lowest BCUT2D eigenvalue weighted by atomic mass is 10.1. The third kappa shape index (κ3) is 4.28. The molecule has 0 saturated carbocycles. The Labute approximate surface area is 178 Å². The highest BCUT2D eigenvalue weighted by Crippen LogP contribution is 2.35. The van der Waals surface area contributed by atoms with E-state index in [0.717, 1.165) is 0 Å². The van der Waals surface area contributed by atoms with Crippen LogP contribution in [0.3, 0.4) is 0 Å². The highest BCUT2D eigenvalue weighted by molar-refractivity contribution is 7.99. The minimum absolute atomic E-state index is 0.00830. The normalized spacial score (nSPS) is 19.9. The predicted molar refractivity (Wildman–Crippen MR) is 114 cm³/mol. The fraction of sp³-hybridized carbons (Fsp3) is 0.364. The van der Waals surface area contributed by atoms with Gasteiger partial charge in [0.15, 0.2) is 0 Å². The topological polar surface area (TPSA) is 43.9 Å². The number of anilines is 1. The van der Waals surface area contributed by atoms with Crippen molar-refractivity contribution in [1.82, 2.24) is 9.80 Å². The first kappa shape index (κ1) is 20.7. The summed E-state index contributed by atoms with van der Waals surface area (Å²) in [5.74, 6) is -0.0954. The Bertz CT molecular complexity index is 942. The highest BCUT2D eigenvalue weighted by atomic mass is 32.2. The number of urea groups is 1. The van der Waals surface area contributed by atoms with Crippen LogP contribution in [-0.4, -0.2) is 60.2 Å². The maximum Gasteiger partial charge on any atom is 0.325 e. The summed E-state index contributed by atoms with van der Waals surface area (Å²) in [5, 5.41) is 0.00830. The smallest absolute Gasteiger partial charge is 0.325 e. The number of thioether (sulfide) groups is 1. The average Bonchev–Trinajstić information content (AvgIpc) is 2.94. The van der Waals surface area contributed by atoms with Gasteiger partial charge in [0.2, 0.25) is 5.91 Å². The van der Waals surface area contributed by atoms with E-state index in [1.807, 2.05) is 6.07 Å². The molecule has 0 spiro atoms. The van der Waals surface area contributed by atoms with Gasteiger partial charge < -0.3 is 9.80 Å². The molecule has 2 heterocycles. The van der Waals surface area contributed by atoms with E-state index in [-0.39, 0.29) is 35.2 Å². The Morgan fingerprint density at radius 1 is 0.967 bits per heavy atom. The zero-order valence-electron chi connectivity index (χ0n) is 16.5. The molecular weight excluding hydrogens is 408 g/mol. The Hall–Kier alpha value is -2.61. The van der Waals surface area contributed by atoms with E-state index in [1.54, 1.807) is 47.0 Å². The largest absolute Gasteiger partial charge is 0.340 e. The highest BCUT2D eigenvalue weighted by Gasteiger charge is 2.33. The van der Waals surface area contributed by atoms with E-state index in [0.29, 0.717) is 43.9 Å². The molecule has 2 aromatic rings. The Morgan fingerprint density at radius 3 is 2.47 bits per heavy atom. The van der Waals surface area contributed by atoms with Crippen LogP contribution >= 0.6 is 11.8 Å². The van der Waals surface area contributed by atoms with Crippen molar-refractivity contribution in [2.24, 2.45) is 0 Å². The Balaban J connectivity index is 1.36. The summed E-state index contributed by atoms with van der Waals surface area (Å²) >= 11 is 1.65.